The van der Waals surface area contributed by atoms with Crippen LogP contribution in [0.3, 0.4) is 0 Å². The molecule has 0 aliphatic carbocycles. The summed E-state index contributed by atoms with van der Waals surface area (Å²) >= 11 is 0. The number of carbonyl (C=O) groups is 2. The van der Waals surface area contributed by atoms with Crippen molar-refractivity contribution in [3.05, 3.63) is 47.8 Å². The Hall–Kier alpha value is -2.38. The number of nitrogens with two attached hydrogens (primary N) is 1. The lowest BCUT2D eigenvalue weighted by molar-refractivity contribution is -0.126. The number of aryl methyl sites for hydroxylation is 1. The topological polar surface area (TPSA) is 93.2 Å². The summed E-state index contributed by atoms with van der Waals surface area (Å²) in [5.74, 6) is -0.269. The van der Waals surface area contributed by atoms with E-state index in [4.69, 9.17) is 5.73 Å². The number of likely N-dealkylation sites (tertiary alicyclic amines) is 1. The van der Waals surface area contributed by atoms with Crippen molar-refractivity contribution in [2.45, 2.75) is 19.8 Å². The van der Waals surface area contributed by atoms with Gasteiger partial charge in [0.15, 0.2) is 0 Å². The van der Waals surface area contributed by atoms with Crippen LogP contribution in [0.4, 0.5) is 0 Å². The molecule has 2 heterocycles. The van der Waals surface area contributed by atoms with Crippen LogP contribution in [0.2, 0.25) is 0 Å². The minimum Gasteiger partial charge on any atom is -0.355 e. The number of hydrogen-bond acceptors (Lipinski definition) is 4. The molecule has 2 aromatic rings. The van der Waals surface area contributed by atoms with Crippen LogP contribution in [0, 0.1) is 12.8 Å². The molecule has 1 aromatic heterocycles. The maximum atomic E-state index is 13.0. The number of nitrogens with one attached hydrogen (secondary N) is 1. The largest absolute Gasteiger partial charge is 0.355 e. The van der Waals surface area contributed by atoms with Gasteiger partial charge in [-0.05, 0) is 31.9 Å². The monoisotopic (exact) mass is 391 g/mol. The molecule has 3 rings (SSSR count). The van der Waals surface area contributed by atoms with E-state index in [1.807, 2.05) is 37.3 Å². The minimum atomic E-state index is -0.177. The van der Waals surface area contributed by atoms with Crippen molar-refractivity contribution in [1.29, 1.82) is 0 Å². The molecular weight excluding hydrogens is 366 g/mol. The molecule has 27 heavy (non-hydrogen) atoms. The van der Waals surface area contributed by atoms with Crippen LogP contribution in [0.1, 0.15) is 28.9 Å². The summed E-state index contributed by atoms with van der Waals surface area (Å²) < 4.78 is 1.72. The highest BCUT2D eigenvalue weighted by Gasteiger charge is 2.30. The maximum Gasteiger partial charge on any atom is 0.257 e. The average Bonchev–Trinajstić information content (AvgIpc) is 3.08. The number of rotatable bonds is 5. The number of para-hydroxylation sites is 1. The molecule has 0 bridgehead atoms. The molecule has 0 spiro atoms. The number of halogens is 1. The molecule has 1 aliphatic heterocycles. The molecular formula is C19H26ClN5O2. The number of benzene rings is 1. The highest BCUT2D eigenvalue weighted by molar-refractivity contribution is 5.95. The number of aromatic nitrogens is 2. The van der Waals surface area contributed by atoms with Gasteiger partial charge in [0.2, 0.25) is 5.91 Å². The molecule has 1 atom stereocenters. The van der Waals surface area contributed by atoms with Crippen molar-refractivity contribution in [3.8, 4) is 5.69 Å². The normalized spacial score (nSPS) is 16.5. The van der Waals surface area contributed by atoms with Crippen molar-refractivity contribution >= 4 is 24.2 Å². The molecule has 8 heteroatoms. The Labute approximate surface area is 165 Å². The summed E-state index contributed by atoms with van der Waals surface area (Å²) in [4.78, 5) is 26.9. The predicted molar refractivity (Wildman–Crippen MR) is 106 cm³/mol. The number of carbonyl (C=O) groups excluding carboxylic acids is 2. The van der Waals surface area contributed by atoms with Crippen LogP contribution >= 0.6 is 12.4 Å². The Morgan fingerprint density at radius 3 is 2.74 bits per heavy atom. The lowest BCUT2D eigenvalue weighted by atomic mass is 9.96. The van der Waals surface area contributed by atoms with E-state index in [0.29, 0.717) is 37.4 Å². The second-order valence-electron chi connectivity index (χ2n) is 6.58. The van der Waals surface area contributed by atoms with Crippen molar-refractivity contribution in [2.75, 3.05) is 26.2 Å². The van der Waals surface area contributed by atoms with Crippen LogP contribution in [-0.2, 0) is 4.79 Å². The van der Waals surface area contributed by atoms with Gasteiger partial charge < -0.3 is 16.0 Å². The van der Waals surface area contributed by atoms with Gasteiger partial charge in [-0.1, -0.05) is 18.2 Å². The van der Waals surface area contributed by atoms with Crippen LogP contribution in [0.5, 0.6) is 0 Å². The molecule has 1 fully saturated rings. The first-order chi connectivity index (χ1) is 12.6. The van der Waals surface area contributed by atoms with E-state index in [1.54, 1.807) is 15.8 Å². The summed E-state index contributed by atoms with van der Waals surface area (Å²) in [5.41, 5.74) is 7.61. The average molecular weight is 392 g/mol. The summed E-state index contributed by atoms with van der Waals surface area (Å²) in [7, 11) is 0. The van der Waals surface area contributed by atoms with Crippen molar-refractivity contribution in [3.63, 3.8) is 0 Å². The Bertz CT molecular complexity index is 778. The predicted octanol–water partition coefficient (Wildman–Crippen LogP) is 1.53. The molecule has 1 aromatic carbocycles. The molecule has 1 saturated heterocycles. The molecule has 0 radical (unpaired) electrons. The lowest BCUT2D eigenvalue weighted by Crippen LogP contribution is -2.46. The third-order valence-corrected chi connectivity index (χ3v) is 4.67. The summed E-state index contributed by atoms with van der Waals surface area (Å²) in [5, 5.41) is 7.29. The van der Waals surface area contributed by atoms with Crippen LogP contribution < -0.4 is 11.1 Å². The van der Waals surface area contributed by atoms with Gasteiger partial charge in [0.25, 0.3) is 5.91 Å². The number of nitrogens with zero attached hydrogens (tertiary/aromatic N) is 3. The summed E-state index contributed by atoms with van der Waals surface area (Å²) in [6, 6.07) is 9.69. The highest BCUT2D eigenvalue weighted by Crippen LogP contribution is 2.20. The van der Waals surface area contributed by atoms with Gasteiger partial charge in [0.05, 0.1) is 22.9 Å². The second kappa shape index (κ2) is 9.53. The van der Waals surface area contributed by atoms with E-state index in [9.17, 15) is 9.59 Å². The van der Waals surface area contributed by atoms with E-state index in [1.165, 1.54) is 0 Å². The van der Waals surface area contributed by atoms with Gasteiger partial charge in [0, 0.05) is 32.4 Å². The van der Waals surface area contributed by atoms with Crippen molar-refractivity contribution in [2.24, 2.45) is 11.7 Å². The standard InChI is InChI=1S/C19H25N5O2.ClH/c1-14-17(13-24(22-14)16-7-3-2-4-8-16)19(26)23-11-5-6-15(12-23)18(25)21-10-9-20;/h2-4,7-8,13,15H,5-6,9-12,20H2,1H3,(H,21,25);1H. The lowest BCUT2D eigenvalue weighted by Gasteiger charge is -2.32. The van der Waals surface area contributed by atoms with Crippen molar-refractivity contribution < 1.29 is 9.59 Å². The van der Waals surface area contributed by atoms with E-state index in [2.05, 4.69) is 10.4 Å². The summed E-state index contributed by atoms with van der Waals surface area (Å²) in [6.45, 7) is 3.81. The number of hydrogen-bond donors (Lipinski definition) is 2. The van der Waals surface area contributed by atoms with Crippen LogP contribution in [-0.4, -0.2) is 52.7 Å². The Kier molecular flexibility index (Phi) is 7.38. The van der Waals surface area contributed by atoms with Crippen LogP contribution in [0.15, 0.2) is 36.5 Å². The highest BCUT2D eigenvalue weighted by atomic mass is 35.5. The van der Waals surface area contributed by atoms with Gasteiger partial charge in [-0.15, -0.1) is 12.4 Å². The third kappa shape index (κ3) is 4.87. The Morgan fingerprint density at radius 1 is 1.30 bits per heavy atom. The van der Waals surface area contributed by atoms with Gasteiger partial charge in [-0.25, -0.2) is 4.68 Å². The third-order valence-electron chi connectivity index (χ3n) is 4.67. The molecule has 1 unspecified atom stereocenters. The van der Waals surface area contributed by atoms with Gasteiger partial charge in [-0.3, -0.25) is 9.59 Å². The zero-order valence-electron chi connectivity index (χ0n) is 15.4. The van der Waals surface area contributed by atoms with Gasteiger partial charge in [-0.2, -0.15) is 5.10 Å². The first kappa shape index (κ1) is 20.9. The van der Waals surface area contributed by atoms with Gasteiger partial charge >= 0.3 is 0 Å². The molecule has 1 aliphatic rings. The smallest absolute Gasteiger partial charge is 0.257 e. The fourth-order valence-corrected chi connectivity index (χ4v) is 3.27. The number of amides is 2. The second-order valence-corrected chi connectivity index (χ2v) is 6.58. The van der Waals surface area contributed by atoms with Crippen molar-refractivity contribution in [1.82, 2.24) is 20.0 Å². The maximum absolute atomic E-state index is 13.0. The van der Waals surface area contributed by atoms with Crippen LogP contribution in [0.25, 0.3) is 5.69 Å². The van der Waals surface area contributed by atoms with E-state index in [-0.39, 0.29) is 30.1 Å². The van der Waals surface area contributed by atoms with E-state index < -0.39 is 0 Å². The molecule has 7 nitrogen and oxygen atoms in total. The molecule has 146 valence electrons. The fourth-order valence-electron chi connectivity index (χ4n) is 3.27. The summed E-state index contributed by atoms with van der Waals surface area (Å²) in [6.07, 6.45) is 3.38. The fraction of sp³-hybridized carbons (Fsp3) is 0.421. The minimum absolute atomic E-state index is 0. The quantitative estimate of drug-likeness (QED) is 0.808. The zero-order chi connectivity index (χ0) is 18.5. The first-order valence-electron chi connectivity index (χ1n) is 8.99. The first-order valence-corrected chi connectivity index (χ1v) is 8.99. The molecule has 0 saturated carbocycles. The molecule has 2 amide bonds. The Balaban J connectivity index is 0.00000261. The van der Waals surface area contributed by atoms with Gasteiger partial charge in [0.1, 0.15) is 0 Å². The van der Waals surface area contributed by atoms with E-state index in [0.717, 1.165) is 18.5 Å². The number of piperidine rings is 1. The Morgan fingerprint density at radius 2 is 2.04 bits per heavy atom. The SMILES string of the molecule is Cc1nn(-c2ccccc2)cc1C(=O)N1CCCC(C(=O)NCCN)C1.Cl. The zero-order valence-corrected chi connectivity index (χ0v) is 16.2. The van der Waals surface area contributed by atoms with E-state index >= 15 is 0 Å². The molecule has 3 N–H and O–H groups in total.